The lowest BCUT2D eigenvalue weighted by Gasteiger charge is -2.17. The zero-order valence-corrected chi connectivity index (χ0v) is 7.12. The minimum Gasteiger partial charge on any atom is -0.393 e. The third kappa shape index (κ3) is 2.77. The molecule has 3 heteroatoms. The van der Waals surface area contributed by atoms with Crippen molar-refractivity contribution in [3.05, 3.63) is 0 Å². The molecule has 0 bridgehead atoms. The van der Waals surface area contributed by atoms with E-state index >= 15 is 0 Å². The number of rotatable bonds is 3. The first-order valence-electron chi connectivity index (χ1n) is 4.11. The highest BCUT2D eigenvalue weighted by Crippen LogP contribution is 2.16. The van der Waals surface area contributed by atoms with Crippen LogP contribution in [0.1, 0.15) is 20.3 Å². The first-order chi connectivity index (χ1) is 5.20. The monoisotopic (exact) mass is 160 g/mol. The van der Waals surface area contributed by atoms with Crippen LogP contribution < -0.4 is 0 Å². The predicted molar refractivity (Wildman–Crippen MR) is 41.2 cm³/mol. The summed E-state index contributed by atoms with van der Waals surface area (Å²) in [7, 11) is 0. The zero-order chi connectivity index (χ0) is 8.27. The van der Waals surface area contributed by atoms with Crippen LogP contribution >= 0.6 is 0 Å². The molecule has 1 rings (SSSR count). The van der Waals surface area contributed by atoms with Crippen LogP contribution in [0.3, 0.4) is 0 Å². The average molecular weight is 160 g/mol. The minimum atomic E-state index is -0.275. The second kappa shape index (κ2) is 4.04. The molecule has 0 aromatic carbocycles. The van der Waals surface area contributed by atoms with E-state index in [0.717, 1.165) is 6.42 Å². The molecule has 1 N–H and O–H groups in total. The van der Waals surface area contributed by atoms with Crippen LogP contribution in [0.4, 0.5) is 0 Å². The third-order valence-electron chi connectivity index (χ3n) is 2.08. The van der Waals surface area contributed by atoms with E-state index in [0.29, 0.717) is 13.2 Å². The van der Waals surface area contributed by atoms with E-state index < -0.39 is 0 Å². The van der Waals surface area contributed by atoms with Crippen molar-refractivity contribution in [1.29, 1.82) is 0 Å². The Morgan fingerprint density at radius 1 is 1.36 bits per heavy atom. The van der Waals surface area contributed by atoms with Crippen molar-refractivity contribution in [2.75, 3.05) is 13.2 Å². The highest BCUT2D eigenvalue weighted by atomic mass is 16.7. The number of aliphatic hydroxyl groups is 1. The molecule has 1 heterocycles. The van der Waals surface area contributed by atoms with Crippen molar-refractivity contribution in [1.82, 2.24) is 0 Å². The summed E-state index contributed by atoms with van der Waals surface area (Å²) in [4.78, 5) is 0. The van der Waals surface area contributed by atoms with E-state index in [-0.39, 0.29) is 18.3 Å². The molecule has 11 heavy (non-hydrogen) atoms. The van der Waals surface area contributed by atoms with E-state index in [1.54, 1.807) is 6.92 Å². The highest BCUT2D eigenvalue weighted by molar-refractivity contribution is 4.63. The number of hydrogen-bond acceptors (Lipinski definition) is 3. The Kier molecular flexibility index (Phi) is 3.30. The molecule has 1 fully saturated rings. The molecule has 0 spiro atoms. The number of ether oxygens (including phenoxy) is 2. The third-order valence-corrected chi connectivity index (χ3v) is 2.08. The minimum absolute atomic E-state index is 0.0837. The lowest BCUT2D eigenvalue weighted by molar-refractivity contribution is -0.0656. The lowest BCUT2D eigenvalue weighted by atomic mass is 10.0. The summed E-state index contributed by atoms with van der Waals surface area (Å²) in [5.74, 6) is 0.248. The van der Waals surface area contributed by atoms with Gasteiger partial charge in [-0.05, 0) is 12.8 Å². The van der Waals surface area contributed by atoms with Gasteiger partial charge in [-0.15, -0.1) is 0 Å². The largest absolute Gasteiger partial charge is 0.393 e. The van der Waals surface area contributed by atoms with E-state index in [9.17, 15) is 5.11 Å². The van der Waals surface area contributed by atoms with Crippen LogP contribution in [0.15, 0.2) is 0 Å². The van der Waals surface area contributed by atoms with E-state index in [2.05, 4.69) is 0 Å². The van der Waals surface area contributed by atoms with E-state index in [4.69, 9.17) is 9.47 Å². The van der Waals surface area contributed by atoms with Crippen LogP contribution in [0.5, 0.6) is 0 Å². The number of hydrogen-bond donors (Lipinski definition) is 1. The summed E-state index contributed by atoms with van der Waals surface area (Å²) in [6, 6.07) is 0. The van der Waals surface area contributed by atoms with E-state index in [1.165, 1.54) is 0 Å². The fraction of sp³-hybridized carbons (Fsp3) is 1.00. The Morgan fingerprint density at radius 2 is 1.91 bits per heavy atom. The summed E-state index contributed by atoms with van der Waals surface area (Å²) in [6.45, 7) is 5.17. The zero-order valence-electron chi connectivity index (χ0n) is 7.12. The smallest absolute Gasteiger partial charge is 0.158 e. The van der Waals surface area contributed by atoms with Crippen molar-refractivity contribution < 1.29 is 14.6 Å². The molecular formula is C8H16O3. The molecule has 0 aromatic rings. The van der Waals surface area contributed by atoms with Gasteiger partial charge in [0.1, 0.15) is 0 Å². The summed E-state index contributed by atoms with van der Waals surface area (Å²) in [6.07, 6.45) is 0.430. The van der Waals surface area contributed by atoms with Crippen LogP contribution in [0, 0.1) is 5.92 Å². The molecule has 0 radical (unpaired) electrons. The topological polar surface area (TPSA) is 38.7 Å². The van der Waals surface area contributed by atoms with Gasteiger partial charge in [0.2, 0.25) is 0 Å². The Hall–Kier alpha value is -0.120. The van der Waals surface area contributed by atoms with Crippen molar-refractivity contribution in [2.45, 2.75) is 32.7 Å². The number of aliphatic hydroxyl groups excluding tert-OH is 1. The van der Waals surface area contributed by atoms with Crippen LogP contribution in [-0.4, -0.2) is 30.7 Å². The first kappa shape index (κ1) is 8.97. The molecule has 0 aromatic heterocycles. The molecular weight excluding hydrogens is 144 g/mol. The molecule has 1 saturated heterocycles. The Morgan fingerprint density at radius 3 is 2.36 bits per heavy atom. The molecule has 0 amide bonds. The SMILES string of the molecule is C[C@@H](O)[C@@H](C)CC1OCCO1. The van der Waals surface area contributed by atoms with Gasteiger partial charge in [0.25, 0.3) is 0 Å². The summed E-state index contributed by atoms with van der Waals surface area (Å²) < 4.78 is 10.5. The predicted octanol–water partition coefficient (Wildman–Crippen LogP) is 0.766. The Balaban J connectivity index is 2.18. The fourth-order valence-electron chi connectivity index (χ4n) is 1.04. The standard InChI is InChI=1S/C8H16O3/c1-6(7(2)9)5-8-10-3-4-11-8/h6-9H,3-5H2,1-2H3/t6-,7+/m0/s1. The van der Waals surface area contributed by atoms with Gasteiger partial charge in [0.05, 0.1) is 19.3 Å². The molecule has 0 aliphatic carbocycles. The maximum absolute atomic E-state index is 9.17. The van der Waals surface area contributed by atoms with Gasteiger partial charge in [-0.25, -0.2) is 0 Å². The second-order valence-corrected chi connectivity index (χ2v) is 3.12. The second-order valence-electron chi connectivity index (χ2n) is 3.12. The Labute approximate surface area is 67.3 Å². The van der Waals surface area contributed by atoms with E-state index in [1.807, 2.05) is 6.92 Å². The van der Waals surface area contributed by atoms with Gasteiger partial charge in [-0.2, -0.15) is 0 Å². The maximum Gasteiger partial charge on any atom is 0.158 e. The van der Waals surface area contributed by atoms with Gasteiger partial charge in [-0.1, -0.05) is 6.92 Å². The fourth-order valence-corrected chi connectivity index (χ4v) is 1.04. The van der Waals surface area contributed by atoms with Crippen LogP contribution in [0.25, 0.3) is 0 Å². The molecule has 2 atom stereocenters. The average Bonchev–Trinajstić information content (AvgIpc) is 2.39. The van der Waals surface area contributed by atoms with Gasteiger partial charge >= 0.3 is 0 Å². The summed E-state index contributed by atoms with van der Waals surface area (Å²) in [5.41, 5.74) is 0. The van der Waals surface area contributed by atoms with Gasteiger partial charge in [-0.3, -0.25) is 0 Å². The first-order valence-corrected chi connectivity index (χ1v) is 4.11. The molecule has 0 saturated carbocycles. The normalized spacial score (nSPS) is 25.4. The summed E-state index contributed by atoms with van der Waals surface area (Å²) in [5, 5.41) is 9.17. The maximum atomic E-state index is 9.17. The van der Waals surface area contributed by atoms with Crippen LogP contribution in [0.2, 0.25) is 0 Å². The van der Waals surface area contributed by atoms with Crippen LogP contribution in [-0.2, 0) is 9.47 Å². The summed E-state index contributed by atoms with van der Waals surface area (Å²) >= 11 is 0. The van der Waals surface area contributed by atoms with Crippen molar-refractivity contribution >= 4 is 0 Å². The molecule has 1 aliphatic heterocycles. The Bertz CT molecular complexity index is 108. The molecule has 66 valence electrons. The molecule has 0 unspecified atom stereocenters. The molecule has 1 aliphatic rings. The highest BCUT2D eigenvalue weighted by Gasteiger charge is 2.20. The van der Waals surface area contributed by atoms with Crippen molar-refractivity contribution in [3.63, 3.8) is 0 Å². The van der Waals surface area contributed by atoms with Gasteiger partial charge < -0.3 is 14.6 Å². The van der Waals surface area contributed by atoms with Gasteiger partial charge in [0.15, 0.2) is 6.29 Å². The van der Waals surface area contributed by atoms with Gasteiger partial charge in [0, 0.05) is 6.42 Å². The quantitative estimate of drug-likeness (QED) is 0.662. The molecule has 3 nitrogen and oxygen atoms in total. The van der Waals surface area contributed by atoms with Crippen molar-refractivity contribution in [3.8, 4) is 0 Å². The van der Waals surface area contributed by atoms with Crippen molar-refractivity contribution in [2.24, 2.45) is 5.92 Å². The lowest BCUT2D eigenvalue weighted by Crippen LogP contribution is -2.20.